The number of halogens is 2. The number of nitro benzene ring substituents is 1. The van der Waals surface area contributed by atoms with Gasteiger partial charge in [-0.15, -0.1) is 0 Å². The summed E-state index contributed by atoms with van der Waals surface area (Å²) >= 11 is 12.1. The van der Waals surface area contributed by atoms with Gasteiger partial charge in [-0.2, -0.15) is 0 Å². The molecule has 0 aromatic heterocycles. The lowest BCUT2D eigenvalue weighted by molar-refractivity contribution is -0.385. The number of fused-ring (bicyclic) bond motifs is 1. The molecule has 0 bridgehead atoms. The van der Waals surface area contributed by atoms with Gasteiger partial charge in [0.1, 0.15) is 13.2 Å². The predicted octanol–water partition coefficient (Wildman–Crippen LogP) is 5.73. The molecule has 1 N–H and O–H groups in total. The Hall–Kier alpha value is -3.69. The zero-order valence-electron chi connectivity index (χ0n) is 17.1. The molecule has 0 aliphatic carbocycles. The first-order valence-electron chi connectivity index (χ1n) is 9.56. The normalized spacial score (nSPS) is 12.1. The smallest absolute Gasteiger partial charge is 0.313 e. The molecule has 0 saturated heterocycles. The quantitative estimate of drug-likeness (QED) is 0.347. The van der Waals surface area contributed by atoms with E-state index < -0.39 is 10.8 Å². The molecule has 0 spiro atoms. The Morgan fingerprint density at radius 2 is 1.70 bits per heavy atom. The summed E-state index contributed by atoms with van der Waals surface area (Å²) in [5.41, 5.74) is 0.289. The molecule has 170 valence electrons. The van der Waals surface area contributed by atoms with E-state index in [4.69, 9.17) is 42.1 Å². The fourth-order valence-electron chi connectivity index (χ4n) is 3.09. The van der Waals surface area contributed by atoms with E-state index in [0.29, 0.717) is 30.4 Å². The highest BCUT2D eigenvalue weighted by molar-refractivity contribution is 6.34. The maximum Gasteiger partial charge on any atom is 0.313 e. The van der Waals surface area contributed by atoms with Crippen molar-refractivity contribution >= 4 is 40.5 Å². The molecule has 0 unspecified atom stereocenters. The molecule has 0 fully saturated rings. The average Bonchev–Trinajstić information content (AvgIpc) is 2.80. The van der Waals surface area contributed by atoms with Crippen molar-refractivity contribution in [3.05, 3.63) is 74.3 Å². The number of nitrogens with zero attached hydrogens (tertiary/aromatic N) is 1. The number of carbonyl (C=O) groups excluding carboxylic acids is 1. The van der Waals surface area contributed by atoms with Gasteiger partial charge in [0.2, 0.25) is 5.75 Å². The van der Waals surface area contributed by atoms with Gasteiger partial charge < -0.3 is 24.3 Å². The second-order valence-electron chi connectivity index (χ2n) is 6.77. The van der Waals surface area contributed by atoms with Gasteiger partial charge in [-0.25, -0.2) is 0 Å². The molecule has 4 rings (SSSR count). The van der Waals surface area contributed by atoms with Crippen LogP contribution in [0.2, 0.25) is 10.0 Å². The van der Waals surface area contributed by atoms with Gasteiger partial charge in [-0.3, -0.25) is 14.9 Å². The van der Waals surface area contributed by atoms with Crippen LogP contribution in [0.3, 0.4) is 0 Å². The standard InChI is InChI=1S/C22H16Cl2N2O7/c1-30-19-8-12(2-4-18(19)33-17-5-3-13(23)9-16(17)26(28)29)22(27)25-15-11-21-20(10-14(15)24)31-6-7-32-21/h2-5,8-11H,6-7H2,1H3,(H,25,27). The highest BCUT2D eigenvalue weighted by atomic mass is 35.5. The van der Waals surface area contributed by atoms with Crippen molar-refractivity contribution < 1.29 is 28.7 Å². The number of rotatable bonds is 6. The maximum absolute atomic E-state index is 12.8. The minimum absolute atomic E-state index is 0.0250. The van der Waals surface area contributed by atoms with Gasteiger partial charge in [0.05, 0.1) is 22.7 Å². The Bertz CT molecular complexity index is 1250. The monoisotopic (exact) mass is 490 g/mol. The predicted molar refractivity (Wildman–Crippen MR) is 122 cm³/mol. The highest BCUT2D eigenvalue weighted by Crippen LogP contribution is 2.40. The third-order valence-electron chi connectivity index (χ3n) is 4.64. The minimum atomic E-state index is -0.605. The van der Waals surface area contributed by atoms with Crippen LogP contribution in [0.25, 0.3) is 0 Å². The number of ether oxygens (including phenoxy) is 4. The van der Waals surface area contributed by atoms with Gasteiger partial charge in [-0.1, -0.05) is 23.2 Å². The lowest BCUT2D eigenvalue weighted by Crippen LogP contribution is -2.17. The van der Waals surface area contributed by atoms with Gasteiger partial charge in [-0.05, 0) is 30.3 Å². The SMILES string of the molecule is COc1cc(C(=O)Nc2cc3c(cc2Cl)OCCO3)ccc1Oc1ccc(Cl)cc1[N+](=O)[O-]. The largest absolute Gasteiger partial charge is 0.493 e. The molecule has 1 amide bonds. The summed E-state index contributed by atoms with van der Waals surface area (Å²) in [6.07, 6.45) is 0. The molecular weight excluding hydrogens is 475 g/mol. The number of nitro groups is 1. The zero-order chi connectivity index (χ0) is 23.5. The second-order valence-corrected chi connectivity index (χ2v) is 7.61. The third kappa shape index (κ3) is 4.89. The van der Waals surface area contributed by atoms with Crippen LogP contribution in [0, 0.1) is 10.1 Å². The zero-order valence-corrected chi connectivity index (χ0v) is 18.6. The topological polar surface area (TPSA) is 109 Å². The van der Waals surface area contributed by atoms with Crippen molar-refractivity contribution in [1.29, 1.82) is 0 Å². The van der Waals surface area contributed by atoms with Crippen molar-refractivity contribution in [3.8, 4) is 28.7 Å². The summed E-state index contributed by atoms with van der Waals surface area (Å²) in [7, 11) is 1.39. The van der Waals surface area contributed by atoms with Crippen molar-refractivity contribution in [2.24, 2.45) is 0 Å². The van der Waals surface area contributed by atoms with Gasteiger partial charge in [0, 0.05) is 28.8 Å². The van der Waals surface area contributed by atoms with Crippen molar-refractivity contribution in [2.75, 3.05) is 25.6 Å². The van der Waals surface area contributed by atoms with E-state index in [1.54, 1.807) is 12.1 Å². The lowest BCUT2D eigenvalue weighted by Gasteiger charge is -2.20. The van der Waals surface area contributed by atoms with Gasteiger partial charge in [0.15, 0.2) is 23.0 Å². The van der Waals surface area contributed by atoms with Crippen LogP contribution in [-0.2, 0) is 0 Å². The van der Waals surface area contributed by atoms with E-state index in [0.717, 1.165) is 0 Å². The first kappa shape index (κ1) is 22.5. The third-order valence-corrected chi connectivity index (χ3v) is 5.19. The van der Waals surface area contributed by atoms with E-state index in [2.05, 4.69) is 5.32 Å². The van der Waals surface area contributed by atoms with Crippen LogP contribution in [0.15, 0.2) is 48.5 Å². The first-order chi connectivity index (χ1) is 15.9. The molecule has 0 atom stereocenters. The van der Waals surface area contributed by atoms with E-state index >= 15 is 0 Å². The van der Waals surface area contributed by atoms with Crippen molar-refractivity contribution in [2.45, 2.75) is 0 Å². The van der Waals surface area contributed by atoms with E-state index in [1.165, 1.54) is 43.5 Å². The van der Waals surface area contributed by atoms with Crippen LogP contribution in [-0.4, -0.2) is 31.2 Å². The van der Waals surface area contributed by atoms with Crippen LogP contribution >= 0.6 is 23.2 Å². The van der Waals surface area contributed by atoms with Crippen molar-refractivity contribution in [3.63, 3.8) is 0 Å². The second kappa shape index (κ2) is 9.43. The molecule has 1 aliphatic rings. The number of carbonyl (C=O) groups is 1. The Morgan fingerprint density at radius 3 is 2.39 bits per heavy atom. The summed E-state index contributed by atoms with van der Waals surface area (Å²) in [6, 6.07) is 11.6. The molecule has 1 heterocycles. The van der Waals surface area contributed by atoms with Crippen LogP contribution in [0.4, 0.5) is 11.4 Å². The summed E-state index contributed by atoms with van der Waals surface area (Å²) < 4.78 is 22.0. The Morgan fingerprint density at radius 1 is 1.00 bits per heavy atom. The molecule has 3 aromatic carbocycles. The molecular formula is C22H16Cl2N2O7. The number of methoxy groups -OCH3 is 1. The van der Waals surface area contributed by atoms with Crippen LogP contribution in [0.5, 0.6) is 28.7 Å². The number of hydrogen-bond donors (Lipinski definition) is 1. The average molecular weight is 491 g/mol. The Kier molecular flexibility index (Phi) is 6.43. The molecule has 11 heteroatoms. The first-order valence-corrected chi connectivity index (χ1v) is 10.3. The number of nitrogens with one attached hydrogen (secondary N) is 1. The van der Waals surface area contributed by atoms with Crippen molar-refractivity contribution in [1.82, 2.24) is 0 Å². The molecule has 33 heavy (non-hydrogen) atoms. The maximum atomic E-state index is 12.8. The fraction of sp³-hybridized carbons (Fsp3) is 0.136. The highest BCUT2D eigenvalue weighted by Gasteiger charge is 2.20. The number of amides is 1. The van der Waals surface area contributed by atoms with Crippen LogP contribution < -0.4 is 24.3 Å². The molecule has 1 aliphatic heterocycles. The summed E-state index contributed by atoms with van der Waals surface area (Å²) in [5.74, 6) is 0.867. The molecule has 0 saturated carbocycles. The molecule has 0 radical (unpaired) electrons. The molecule has 3 aromatic rings. The Labute approximate surface area is 197 Å². The van der Waals surface area contributed by atoms with Gasteiger partial charge in [0.25, 0.3) is 5.91 Å². The van der Waals surface area contributed by atoms with Gasteiger partial charge >= 0.3 is 5.69 Å². The number of benzene rings is 3. The van der Waals surface area contributed by atoms with E-state index in [-0.39, 0.29) is 38.5 Å². The van der Waals surface area contributed by atoms with E-state index in [9.17, 15) is 14.9 Å². The number of hydrogen-bond acceptors (Lipinski definition) is 7. The van der Waals surface area contributed by atoms with Crippen LogP contribution in [0.1, 0.15) is 10.4 Å². The minimum Gasteiger partial charge on any atom is -0.493 e. The van der Waals surface area contributed by atoms with E-state index in [1.807, 2.05) is 0 Å². The lowest BCUT2D eigenvalue weighted by atomic mass is 10.1. The summed E-state index contributed by atoms with van der Waals surface area (Å²) in [5, 5.41) is 14.5. The summed E-state index contributed by atoms with van der Waals surface area (Å²) in [6.45, 7) is 0.814. The fourth-order valence-corrected chi connectivity index (χ4v) is 3.45. The molecule has 9 nitrogen and oxygen atoms in total. The Balaban J connectivity index is 1.57. The number of anilines is 1. The summed E-state index contributed by atoms with van der Waals surface area (Å²) in [4.78, 5) is 23.5.